The van der Waals surface area contributed by atoms with Gasteiger partial charge in [0.05, 0.1) is 0 Å². The predicted octanol–water partition coefficient (Wildman–Crippen LogP) is 5.00. The number of thioether (sulfide) groups is 1. The summed E-state index contributed by atoms with van der Waals surface area (Å²) in [6.45, 7) is 4.21. The summed E-state index contributed by atoms with van der Waals surface area (Å²) in [5.74, 6) is 1.34. The molecule has 0 bridgehead atoms. The van der Waals surface area contributed by atoms with E-state index in [1.165, 1.54) is 17.3 Å². The van der Waals surface area contributed by atoms with E-state index in [0.29, 0.717) is 16.5 Å². The van der Waals surface area contributed by atoms with Crippen LogP contribution < -0.4 is 5.63 Å². The van der Waals surface area contributed by atoms with Crippen LogP contribution in [0.5, 0.6) is 0 Å². The summed E-state index contributed by atoms with van der Waals surface area (Å²) < 4.78 is 5.38. The largest absolute Gasteiger partial charge is 0.423 e. The number of aromatic amines is 1. The van der Waals surface area contributed by atoms with Crippen molar-refractivity contribution in [2.75, 3.05) is 0 Å². The Labute approximate surface area is 167 Å². The van der Waals surface area contributed by atoms with Gasteiger partial charge in [-0.1, -0.05) is 62.0 Å². The first-order chi connectivity index (χ1) is 13.7. The van der Waals surface area contributed by atoms with E-state index in [-0.39, 0.29) is 5.63 Å². The van der Waals surface area contributed by atoms with Crippen LogP contribution in [0.2, 0.25) is 0 Å². The van der Waals surface area contributed by atoms with E-state index in [2.05, 4.69) is 59.4 Å². The summed E-state index contributed by atoms with van der Waals surface area (Å²) >= 11 is 1.50. The molecule has 0 saturated carbocycles. The molecule has 0 spiro atoms. The maximum absolute atomic E-state index is 11.9. The molecule has 2 aromatic carbocycles. The van der Waals surface area contributed by atoms with Crippen molar-refractivity contribution in [3.8, 4) is 11.4 Å². The Morgan fingerprint density at radius 2 is 1.75 bits per heavy atom. The summed E-state index contributed by atoms with van der Waals surface area (Å²) in [6.07, 6.45) is 1.91. The zero-order chi connectivity index (χ0) is 19.5. The molecule has 0 saturated heterocycles. The number of hydrogen-bond acceptors (Lipinski definition) is 5. The normalized spacial score (nSPS) is 11.2. The van der Waals surface area contributed by atoms with Gasteiger partial charge in [-0.25, -0.2) is 9.78 Å². The monoisotopic (exact) mass is 391 g/mol. The molecule has 5 nitrogen and oxygen atoms in total. The second-order valence-electron chi connectivity index (χ2n) is 6.58. The lowest BCUT2D eigenvalue weighted by Crippen LogP contribution is -2.00. The molecule has 0 aliphatic heterocycles. The van der Waals surface area contributed by atoms with Crippen molar-refractivity contribution in [2.45, 2.75) is 37.6 Å². The summed E-state index contributed by atoms with van der Waals surface area (Å²) in [5, 5.41) is 8.91. The highest BCUT2D eigenvalue weighted by atomic mass is 32.2. The van der Waals surface area contributed by atoms with E-state index < -0.39 is 0 Å². The van der Waals surface area contributed by atoms with Gasteiger partial charge in [0.2, 0.25) is 5.16 Å². The smallest absolute Gasteiger partial charge is 0.336 e. The number of benzene rings is 2. The minimum absolute atomic E-state index is 0.331. The summed E-state index contributed by atoms with van der Waals surface area (Å²) in [4.78, 5) is 16.5. The fourth-order valence-corrected chi connectivity index (χ4v) is 3.88. The Kier molecular flexibility index (Phi) is 5.30. The average molecular weight is 391 g/mol. The molecule has 142 valence electrons. The molecule has 4 rings (SSSR count). The molecule has 0 atom stereocenters. The lowest BCUT2D eigenvalue weighted by atomic mass is 10.1. The summed E-state index contributed by atoms with van der Waals surface area (Å²) in [6, 6.07) is 15.9. The van der Waals surface area contributed by atoms with E-state index in [1.54, 1.807) is 6.07 Å². The van der Waals surface area contributed by atoms with Gasteiger partial charge in [0.15, 0.2) is 5.82 Å². The molecule has 0 fully saturated rings. The van der Waals surface area contributed by atoms with Gasteiger partial charge in [0.25, 0.3) is 0 Å². The van der Waals surface area contributed by atoms with E-state index in [1.807, 2.05) is 12.1 Å². The molecular weight excluding hydrogens is 370 g/mol. The molecule has 2 heterocycles. The van der Waals surface area contributed by atoms with E-state index >= 15 is 0 Å². The standard InChI is InChI=1S/C22H21N3O2S/c1-3-14-5-8-16(9-6-14)21-23-22(25-24-21)28-13-17-12-20(26)27-19-11-15(4-2)7-10-18(17)19/h5-12H,3-4,13H2,1-2H3,(H,23,24,25). The maximum atomic E-state index is 11.9. The number of aromatic nitrogens is 3. The molecular formula is C22H21N3O2S. The number of nitrogens with zero attached hydrogens (tertiary/aromatic N) is 2. The Morgan fingerprint density at radius 1 is 1.00 bits per heavy atom. The molecule has 0 aliphatic carbocycles. The topological polar surface area (TPSA) is 71.8 Å². The van der Waals surface area contributed by atoms with Crippen LogP contribution in [0, 0.1) is 0 Å². The Morgan fingerprint density at radius 3 is 2.50 bits per heavy atom. The van der Waals surface area contributed by atoms with Crippen molar-refractivity contribution < 1.29 is 4.42 Å². The Hall–Kier alpha value is -2.86. The van der Waals surface area contributed by atoms with Crippen LogP contribution in [-0.2, 0) is 18.6 Å². The molecule has 2 aromatic heterocycles. The predicted molar refractivity (Wildman–Crippen MR) is 113 cm³/mol. The third kappa shape index (κ3) is 3.87. The SMILES string of the molecule is CCc1ccc(-c2nc(SCc3cc(=O)oc4cc(CC)ccc34)n[nH]2)cc1. The van der Waals surface area contributed by atoms with Gasteiger partial charge in [-0.15, -0.1) is 5.10 Å². The molecule has 1 N–H and O–H groups in total. The molecule has 6 heteroatoms. The molecule has 4 aromatic rings. The molecule has 0 amide bonds. The number of hydrogen-bond donors (Lipinski definition) is 1. The van der Waals surface area contributed by atoms with Crippen LogP contribution in [0.3, 0.4) is 0 Å². The Balaban J connectivity index is 1.55. The van der Waals surface area contributed by atoms with Crippen molar-refractivity contribution in [1.82, 2.24) is 15.2 Å². The van der Waals surface area contributed by atoms with Gasteiger partial charge in [-0.05, 0) is 35.6 Å². The van der Waals surface area contributed by atoms with E-state index in [0.717, 1.165) is 40.7 Å². The van der Waals surface area contributed by atoms with Crippen molar-refractivity contribution >= 4 is 22.7 Å². The van der Waals surface area contributed by atoms with Crippen molar-refractivity contribution in [3.63, 3.8) is 0 Å². The van der Waals surface area contributed by atoms with Gasteiger partial charge in [-0.2, -0.15) is 0 Å². The minimum Gasteiger partial charge on any atom is -0.423 e. The lowest BCUT2D eigenvalue weighted by Gasteiger charge is -2.05. The average Bonchev–Trinajstić information content (AvgIpc) is 3.20. The van der Waals surface area contributed by atoms with Crippen LogP contribution in [0.15, 0.2) is 62.9 Å². The highest BCUT2D eigenvalue weighted by Gasteiger charge is 2.10. The van der Waals surface area contributed by atoms with E-state index in [9.17, 15) is 4.79 Å². The van der Waals surface area contributed by atoms with Gasteiger partial charge < -0.3 is 4.42 Å². The van der Waals surface area contributed by atoms with Crippen LogP contribution in [-0.4, -0.2) is 15.2 Å². The van der Waals surface area contributed by atoms with Crippen LogP contribution in [0.25, 0.3) is 22.4 Å². The third-order valence-corrected chi connectivity index (χ3v) is 5.66. The lowest BCUT2D eigenvalue weighted by molar-refractivity contribution is 0.559. The first kappa shape index (κ1) is 18.5. The molecule has 0 aliphatic rings. The zero-order valence-corrected chi connectivity index (χ0v) is 16.7. The fourth-order valence-electron chi connectivity index (χ4n) is 3.09. The van der Waals surface area contributed by atoms with E-state index in [4.69, 9.17) is 4.42 Å². The molecule has 0 radical (unpaired) electrons. The first-order valence-corrected chi connectivity index (χ1v) is 10.3. The molecule has 0 unspecified atom stereocenters. The van der Waals surface area contributed by atoms with Crippen LogP contribution in [0.1, 0.15) is 30.5 Å². The van der Waals surface area contributed by atoms with Gasteiger partial charge in [0.1, 0.15) is 5.58 Å². The second-order valence-corrected chi connectivity index (χ2v) is 7.52. The fraction of sp³-hybridized carbons (Fsp3) is 0.227. The van der Waals surface area contributed by atoms with Crippen molar-refractivity contribution in [2.24, 2.45) is 0 Å². The van der Waals surface area contributed by atoms with Crippen molar-refractivity contribution in [3.05, 3.63) is 75.6 Å². The quantitative estimate of drug-likeness (QED) is 0.370. The van der Waals surface area contributed by atoms with Gasteiger partial charge in [-0.3, -0.25) is 5.10 Å². The minimum atomic E-state index is -0.331. The van der Waals surface area contributed by atoms with Crippen LogP contribution >= 0.6 is 11.8 Å². The summed E-state index contributed by atoms with van der Waals surface area (Å²) in [7, 11) is 0. The maximum Gasteiger partial charge on any atom is 0.336 e. The number of H-pyrrole nitrogens is 1. The first-order valence-electron chi connectivity index (χ1n) is 9.36. The number of aryl methyl sites for hydroxylation is 2. The zero-order valence-electron chi connectivity index (χ0n) is 15.9. The Bertz CT molecular complexity index is 1160. The molecule has 28 heavy (non-hydrogen) atoms. The second kappa shape index (κ2) is 8.02. The van der Waals surface area contributed by atoms with Crippen LogP contribution in [0.4, 0.5) is 0 Å². The number of nitrogens with one attached hydrogen (secondary N) is 1. The number of fused-ring (bicyclic) bond motifs is 1. The van der Waals surface area contributed by atoms with Crippen molar-refractivity contribution in [1.29, 1.82) is 0 Å². The van der Waals surface area contributed by atoms with Gasteiger partial charge in [0, 0.05) is 22.8 Å². The van der Waals surface area contributed by atoms with Gasteiger partial charge >= 0.3 is 5.63 Å². The highest BCUT2D eigenvalue weighted by Crippen LogP contribution is 2.26. The summed E-state index contributed by atoms with van der Waals surface area (Å²) in [5.41, 5.74) is 4.68. The third-order valence-electron chi connectivity index (χ3n) is 4.76. The number of rotatable bonds is 6. The highest BCUT2D eigenvalue weighted by molar-refractivity contribution is 7.98.